The van der Waals surface area contributed by atoms with E-state index in [0.29, 0.717) is 0 Å². The van der Waals surface area contributed by atoms with Gasteiger partial charge in [0, 0.05) is 22.4 Å². The fraction of sp³-hybridized carbons (Fsp3) is 0.211. The minimum absolute atomic E-state index is 0.00249. The Balaban J connectivity index is 1.54. The van der Waals surface area contributed by atoms with Crippen molar-refractivity contribution in [2.24, 2.45) is 0 Å². The van der Waals surface area contributed by atoms with E-state index in [1.54, 1.807) is 22.7 Å². The zero-order valence-electron chi connectivity index (χ0n) is 13.7. The van der Waals surface area contributed by atoms with E-state index >= 15 is 0 Å². The molecule has 0 saturated carbocycles. The lowest BCUT2D eigenvalue weighted by Gasteiger charge is -2.34. The molecule has 0 saturated heterocycles. The van der Waals surface area contributed by atoms with E-state index in [1.165, 1.54) is 21.4 Å². The number of anilines is 1. The van der Waals surface area contributed by atoms with E-state index in [9.17, 15) is 13.6 Å². The number of benzene rings is 1. The summed E-state index contributed by atoms with van der Waals surface area (Å²) in [5, 5.41) is 6.67. The van der Waals surface area contributed by atoms with Gasteiger partial charge < -0.3 is 5.32 Å². The molecule has 4 rings (SSSR count). The summed E-state index contributed by atoms with van der Waals surface area (Å²) >= 11 is 3.41. The van der Waals surface area contributed by atoms with Crippen LogP contribution in [-0.2, 0) is 11.2 Å². The minimum Gasteiger partial charge on any atom is -0.322 e. The molecule has 3 nitrogen and oxygen atoms in total. The minimum atomic E-state index is -0.771. The Hall–Kier alpha value is -2.09. The maximum atomic E-state index is 13.8. The molecule has 3 heterocycles. The summed E-state index contributed by atoms with van der Waals surface area (Å²) in [7, 11) is 0. The van der Waals surface area contributed by atoms with Crippen LogP contribution in [0.25, 0.3) is 0 Å². The molecule has 134 valence electrons. The van der Waals surface area contributed by atoms with Crippen LogP contribution in [-0.4, -0.2) is 23.9 Å². The molecule has 1 aliphatic rings. The van der Waals surface area contributed by atoms with Gasteiger partial charge in [-0.25, -0.2) is 8.78 Å². The maximum absolute atomic E-state index is 13.8. The second-order valence-electron chi connectivity index (χ2n) is 6.11. The number of carbonyl (C=O) groups is 1. The number of hydrogen-bond donors (Lipinski definition) is 1. The normalized spacial score (nSPS) is 17.1. The standard InChI is InChI=1S/C19H16F2N2OS2/c20-12-3-4-15(14(21)10-12)22-18(24)11-23-7-5-16-13(6-9-26-16)19(23)17-2-1-8-25-17/h1-4,6,8-10,19H,5,7,11H2,(H,22,24)/t19-/m1/s1. The molecule has 0 unspecified atom stereocenters. The quantitative estimate of drug-likeness (QED) is 0.702. The first-order chi connectivity index (χ1) is 12.6. The molecule has 1 N–H and O–H groups in total. The number of nitrogens with one attached hydrogen (secondary N) is 1. The van der Waals surface area contributed by atoms with Crippen LogP contribution in [0.5, 0.6) is 0 Å². The molecule has 0 aliphatic carbocycles. The lowest BCUT2D eigenvalue weighted by atomic mass is 9.98. The van der Waals surface area contributed by atoms with Crippen LogP contribution in [0.2, 0.25) is 0 Å². The zero-order chi connectivity index (χ0) is 18.1. The Bertz CT molecular complexity index is 924. The maximum Gasteiger partial charge on any atom is 0.238 e. The third-order valence-corrected chi connectivity index (χ3v) is 6.35. The molecule has 0 fully saturated rings. The molecular formula is C19H16F2N2OS2. The Labute approximate surface area is 157 Å². The van der Waals surface area contributed by atoms with Crippen molar-refractivity contribution >= 4 is 34.3 Å². The lowest BCUT2D eigenvalue weighted by molar-refractivity contribution is -0.117. The van der Waals surface area contributed by atoms with E-state index in [0.717, 1.165) is 25.1 Å². The van der Waals surface area contributed by atoms with Crippen molar-refractivity contribution in [3.05, 3.63) is 74.1 Å². The average Bonchev–Trinajstić information content (AvgIpc) is 3.28. The largest absolute Gasteiger partial charge is 0.322 e. The van der Waals surface area contributed by atoms with Gasteiger partial charge in [0.25, 0.3) is 0 Å². The Morgan fingerprint density at radius 1 is 1.19 bits per heavy atom. The van der Waals surface area contributed by atoms with Crippen LogP contribution in [0, 0.1) is 11.6 Å². The fourth-order valence-electron chi connectivity index (χ4n) is 3.28. The Kier molecular flexibility index (Phi) is 4.84. The highest BCUT2D eigenvalue weighted by Crippen LogP contribution is 2.39. The summed E-state index contributed by atoms with van der Waals surface area (Å²) in [6.45, 7) is 0.907. The molecule has 1 aliphatic heterocycles. The van der Waals surface area contributed by atoms with Gasteiger partial charge in [0.05, 0.1) is 18.3 Å². The van der Waals surface area contributed by atoms with E-state index in [1.807, 2.05) is 11.4 Å². The number of rotatable bonds is 4. The van der Waals surface area contributed by atoms with Gasteiger partial charge in [0.2, 0.25) is 5.91 Å². The zero-order valence-corrected chi connectivity index (χ0v) is 15.4. The summed E-state index contributed by atoms with van der Waals surface area (Å²) in [6.07, 6.45) is 0.896. The summed E-state index contributed by atoms with van der Waals surface area (Å²) in [5.74, 6) is -1.75. The van der Waals surface area contributed by atoms with E-state index < -0.39 is 11.6 Å². The predicted octanol–water partition coefficient (Wildman–Crippen LogP) is 4.67. The highest BCUT2D eigenvalue weighted by Gasteiger charge is 2.31. The molecule has 7 heteroatoms. The second kappa shape index (κ2) is 7.26. The van der Waals surface area contributed by atoms with Crippen molar-refractivity contribution in [2.45, 2.75) is 12.5 Å². The van der Waals surface area contributed by atoms with Crippen molar-refractivity contribution in [1.82, 2.24) is 4.90 Å². The van der Waals surface area contributed by atoms with E-state index in [2.05, 4.69) is 27.7 Å². The third-order valence-electron chi connectivity index (χ3n) is 4.43. The highest BCUT2D eigenvalue weighted by atomic mass is 32.1. The first-order valence-electron chi connectivity index (χ1n) is 8.20. The van der Waals surface area contributed by atoms with Crippen LogP contribution in [0.3, 0.4) is 0 Å². The van der Waals surface area contributed by atoms with Crippen molar-refractivity contribution in [3.63, 3.8) is 0 Å². The van der Waals surface area contributed by atoms with Gasteiger partial charge >= 0.3 is 0 Å². The Morgan fingerprint density at radius 3 is 2.85 bits per heavy atom. The van der Waals surface area contributed by atoms with Gasteiger partial charge in [-0.15, -0.1) is 22.7 Å². The van der Waals surface area contributed by atoms with Crippen LogP contribution < -0.4 is 5.32 Å². The third kappa shape index (κ3) is 3.42. The van der Waals surface area contributed by atoms with E-state index in [4.69, 9.17) is 0 Å². The van der Waals surface area contributed by atoms with Gasteiger partial charge in [0.15, 0.2) is 0 Å². The monoisotopic (exact) mass is 390 g/mol. The summed E-state index contributed by atoms with van der Waals surface area (Å²) in [4.78, 5) is 17.1. The first-order valence-corrected chi connectivity index (χ1v) is 9.96. The molecule has 0 radical (unpaired) electrons. The summed E-state index contributed by atoms with van der Waals surface area (Å²) in [5.41, 5.74) is 1.24. The number of amides is 1. The number of hydrogen-bond acceptors (Lipinski definition) is 4. The molecular weight excluding hydrogens is 374 g/mol. The lowest BCUT2D eigenvalue weighted by Crippen LogP contribution is -2.40. The number of carbonyl (C=O) groups excluding carboxylic acids is 1. The van der Waals surface area contributed by atoms with Gasteiger partial charge in [0.1, 0.15) is 11.6 Å². The van der Waals surface area contributed by atoms with Crippen LogP contribution in [0.1, 0.15) is 21.4 Å². The first kappa shape index (κ1) is 17.3. The van der Waals surface area contributed by atoms with Crippen molar-refractivity contribution in [2.75, 3.05) is 18.4 Å². The van der Waals surface area contributed by atoms with Crippen LogP contribution in [0.4, 0.5) is 14.5 Å². The van der Waals surface area contributed by atoms with Gasteiger partial charge in [-0.3, -0.25) is 9.69 Å². The fourth-order valence-corrected chi connectivity index (χ4v) is 5.06. The topological polar surface area (TPSA) is 32.3 Å². The molecule has 1 aromatic carbocycles. The predicted molar refractivity (Wildman–Crippen MR) is 101 cm³/mol. The van der Waals surface area contributed by atoms with Crippen molar-refractivity contribution < 1.29 is 13.6 Å². The molecule has 0 bridgehead atoms. The molecule has 2 aromatic heterocycles. The van der Waals surface area contributed by atoms with Crippen LogP contribution in [0.15, 0.2) is 47.2 Å². The molecule has 1 amide bonds. The SMILES string of the molecule is O=C(CN1CCc2sccc2[C@@H]1c1cccs1)Nc1ccc(F)cc1F. The number of nitrogens with zero attached hydrogens (tertiary/aromatic N) is 1. The number of fused-ring (bicyclic) bond motifs is 1. The molecule has 1 atom stereocenters. The summed E-state index contributed by atoms with van der Waals surface area (Å²) < 4.78 is 26.8. The second-order valence-corrected chi connectivity index (χ2v) is 8.09. The van der Waals surface area contributed by atoms with Gasteiger partial charge in [-0.05, 0) is 47.0 Å². The van der Waals surface area contributed by atoms with Crippen LogP contribution >= 0.6 is 22.7 Å². The van der Waals surface area contributed by atoms with Gasteiger partial charge in [-0.2, -0.15) is 0 Å². The average molecular weight is 390 g/mol. The van der Waals surface area contributed by atoms with Crippen molar-refractivity contribution in [1.29, 1.82) is 0 Å². The number of halogens is 2. The summed E-state index contributed by atoms with van der Waals surface area (Å²) in [6, 6.07) is 9.38. The Morgan fingerprint density at radius 2 is 2.08 bits per heavy atom. The smallest absolute Gasteiger partial charge is 0.238 e. The highest BCUT2D eigenvalue weighted by molar-refractivity contribution is 7.10. The molecule has 3 aromatic rings. The van der Waals surface area contributed by atoms with Gasteiger partial charge in [-0.1, -0.05) is 6.07 Å². The molecule has 0 spiro atoms. The number of thiophene rings is 2. The van der Waals surface area contributed by atoms with Crippen molar-refractivity contribution in [3.8, 4) is 0 Å². The molecule has 26 heavy (non-hydrogen) atoms. The van der Waals surface area contributed by atoms with E-state index in [-0.39, 0.29) is 24.2 Å².